The van der Waals surface area contributed by atoms with E-state index in [1.807, 2.05) is 6.07 Å². The molecule has 1 heterocycles. The molecule has 0 aliphatic heterocycles. The molecule has 1 aromatic heterocycles. The van der Waals surface area contributed by atoms with E-state index < -0.39 is 31.2 Å². The molecule has 6 nitrogen and oxygen atoms in total. The van der Waals surface area contributed by atoms with E-state index in [1.165, 1.54) is 12.1 Å². The molecule has 0 saturated heterocycles. The second kappa shape index (κ2) is 10.2. The maximum Gasteiger partial charge on any atom is 0.315 e. The summed E-state index contributed by atoms with van der Waals surface area (Å²) in [6, 6.07) is 8.22. The summed E-state index contributed by atoms with van der Waals surface area (Å²) in [6.07, 6.45) is -3.10. The Hall–Kier alpha value is -2.49. The third-order valence-corrected chi connectivity index (χ3v) is 4.17. The van der Waals surface area contributed by atoms with Crippen molar-refractivity contribution in [3.8, 4) is 11.1 Å². The first-order valence-corrected chi connectivity index (χ1v) is 8.50. The molecule has 1 aromatic carbocycles. The number of benzene rings is 1. The molecule has 0 aliphatic carbocycles. The topological polar surface area (TPSA) is 97.5 Å². The second-order valence-electron chi connectivity index (χ2n) is 6.17. The van der Waals surface area contributed by atoms with Crippen molar-refractivity contribution in [1.29, 1.82) is 0 Å². The molecule has 2 unspecified atom stereocenters. The molecule has 0 aliphatic rings. The van der Waals surface area contributed by atoms with Crippen LogP contribution in [0.15, 0.2) is 42.6 Å². The number of alkyl halides is 3. The Bertz CT molecular complexity index is 757. The predicted octanol–water partition coefficient (Wildman–Crippen LogP) is 2.15. The van der Waals surface area contributed by atoms with Crippen LogP contribution in [-0.4, -0.2) is 48.9 Å². The minimum atomic E-state index is -3.28. The van der Waals surface area contributed by atoms with Gasteiger partial charge in [0.05, 0.1) is 24.4 Å². The van der Waals surface area contributed by atoms with Gasteiger partial charge in [0, 0.05) is 18.9 Å². The number of hydrogen-bond acceptors (Lipinski definition) is 5. The quantitative estimate of drug-likeness (QED) is 0.602. The van der Waals surface area contributed by atoms with Crippen LogP contribution in [-0.2, 0) is 9.53 Å². The van der Waals surface area contributed by atoms with Crippen LogP contribution in [0.5, 0.6) is 0 Å². The number of nitrogens with one attached hydrogen (secondary N) is 1. The van der Waals surface area contributed by atoms with E-state index in [-0.39, 0.29) is 11.6 Å². The molecule has 4 N–H and O–H groups in total. The molecular formula is C19H22F3N3O3. The summed E-state index contributed by atoms with van der Waals surface area (Å²) >= 11 is 0. The van der Waals surface area contributed by atoms with Gasteiger partial charge < -0.3 is 20.9 Å². The van der Waals surface area contributed by atoms with Gasteiger partial charge in [-0.05, 0) is 17.2 Å². The van der Waals surface area contributed by atoms with Crippen molar-refractivity contribution < 1.29 is 27.8 Å². The van der Waals surface area contributed by atoms with Gasteiger partial charge in [-0.15, -0.1) is 0 Å². The van der Waals surface area contributed by atoms with Gasteiger partial charge in [-0.1, -0.05) is 30.3 Å². The number of methoxy groups -OCH3 is 1. The lowest BCUT2D eigenvalue weighted by molar-refractivity contribution is -0.133. The van der Waals surface area contributed by atoms with Gasteiger partial charge in [0.1, 0.15) is 12.8 Å². The molecule has 2 aromatic rings. The monoisotopic (exact) mass is 397 g/mol. The summed E-state index contributed by atoms with van der Waals surface area (Å²) in [6.45, 7) is -0.842. The zero-order valence-electron chi connectivity index (χ0n) is 15.2. The zero-order chi connectivity index (χ0) is 20.7. The molecule has 0 bridgehead atoms. The van der Waals surface area contributed by atoms with Gasteiger partial charge >= 0.3 is 6.43 Å². The van der Waals surface area contributed by atoms with Crippen molar-refractivity contribution in [2.24, 2.45) is 5.73 Å². The highest BCUT2D eigenvalue weighted by Crippen LogP contribution is 2.24. The minimum absolute atomic E-state index is 0.285. The Kier molecular flexibility index (Phi) is 7.91. The van der Waals surface area contributed by atoms with Gasteiger partial charge in [0.25, 0.3) is 5.91 Å². The largest absolute Gasteiger partial charge is 0.386 e. The third kappa shape index (κ3) is 5.51. The van der Waals surface area contributed by atoms with Crippen molar-refractivity contribution in [2.75, 3.05) is 20.4 Å². The summed E-state index contributed by atoms with van der Waals surface area (Å²) in [5, 5.41) is 12.0. The maximum absolute atomic E-state index is 13.1. The number of aromatic nitrogens is 1. The SMILES string of the molecule is COCC(N)c1ccc(-c2ccc([C@@H](O)C(CF)NC(=O)C(F)F)cc2)cn1. The van der Waals surface area contributed by atoms with Crippen LogP contribution in [0.1, 0.15) is 23.4 Å². The number of carbonyl (C=O) groups is 1. The number of ether oxygens (including phenoxy) is 1. The van der Waals surface area contributed by atoms with Gasteiger partial charge in [-0.2, -0.15) is 8.78 Å². The number of aliphatic hydroxyl groups excluding tert-OH is 1. The third-order valence-electron chi connectivity index (χ3n) is 4.17. The van der Waals surface area contributed by atoms with Crippen LogP contribution in [0.2, 0.25) is 0 Å². The van der Waals surface area contributed by atoms with Crippen LogP contribution in [0.3, 0.4) is 0 Å². The van der Waals surface area contributed by atoms with Crippen LogP contribution in [0.4, 0.5) is 13.2 Å². The van der Waals surface area contributed by atoms with Crippen molar-refractivity contribution in [3.05, 3.63) is 53.9 Å². The number of pyridine rings is 1. The Morgan fingerprint density at radius 2 is 1.86 bits per heavy atom. The lowest BCUT2D eigenvalue weighted by Gasteiger charge is -2.22. The molecule has 0 radical (unpaired) electrons. The van der Waals surface area contributed by atoms with E-state index in [2.05, 4.69) is 4.98 Å². The number of carbonyl (C=O) groups excluding carboxylic acids is 1. The molecule has 28 heavy (non-hydrogen) atoms. The highest BCUT2D eigenvalue weighted by atomic mass is 19.3. The summed E-state index contributed by atoms with van der Waals surface area (Å²) in [4.78, 5) is 15.3. The Morgan fingerprint density at radius 3 is 2.36 bits per heavy atom. The molecule has 0 saturated carbocycles. The smallest absolute Gasteiger partial charge is 0.315 e. The lowest BCUT2D eigenvalue weighted by atomic mass is 9.99. The van der Waals surface area contributed by atoms with E-state index in [0.29, 0.717) is 12.3 Å². The molecule has 0 spiro atoms. The summed E-state index contributed by atoms with van der Waals surface area (Å²) < 4.78 is 42.7. The van der Waals surface area contributed by atoms with E-state index in [0.717, 1.165) is 11.1 Å². The van der Waals surface area contributed by atoms with E-state index in [1.54, 1.807) is 36.8 Å². The van der Waals surface area contributed by atoms with Crippen LogP contribution < -0.4 is 11.1 Å². The highest BCUT2D eigenvalue weighted by Gasteiger charge is 2.26. The van der Waals surface area contributed by atoms with Crippen LogP contribution in [0, 0.1) is 0 Å². The molecule has 1 amide bonds. The Labute approximate surface area is 160 Å². The van der Waals surface area contributed by atoms with Crippen molar-refractivity contribution >= 4 is 5.91 Å². The first kappa shape index (κ1) is 21.8. The van der Waals surface area contributed by atoms with Crippen molar-refractivity contribution in [1.82, 2.24) is 10.3 Å². The van der Waals surface area contributed by atoms with Crippen LogP contribution in [0.25, 0.3) is 11.1 Å². The number of nitrogens with two attached hydrogens (primary N) is 1. The fourth-order valence-electron chi connectivity index (χ4n) is 2.61. The van der Waals surface area contributed by atoms with Gasteiger partial charge in [0.2, 0.25) is 0 Å². The molecule has 2 rings (SSSR count). The number of halogens is 3. The fraction of sp³-hybridized carbons (Fsp3) is 0.368. The molecule has 9 heteroatoms. The number of aliphatic hydroxyl groups is 1. The van der Waals surface area contributed by atoms with Crippen LogP contribution >= 0.6 is 0 Å². The second-order valence-corrected chi connectivity index (χ2v) is 6.17. The molecule has 0 fully saturated rings. The molecular weight excluding hydrogens is 375 g/mol. The lowest BCUT2D eigenvalue weighted by Crippen LogP contribution is -2.43. The van der Waals surface area contributed by atoms with E-state index >= 15 is 0 Å². The number of rotatable bonds is 9. The van der Waals surface area contributed by atoms with Gasteiger partial charge in [-0.3, -0.25) is 9.78 Å². The first-order valence-electron chi connectivity index (χ1n) is 8.50. The average Bonchev–Trinajstić information content (AvgIpc) is 2.71. The van der Waals surface area contributed by atoms with E-state index in [4.69, 9.17) is 10.5 Å². The minimum Gasteiger partial charge on any atom is -0.386 e. The van der Waals surface area contributed by atoms with Crippen molar-refractivity contribution in [2.45, 2.75) is 24.6 Å². The fourth-order valence-corrected chi connectivity index (χ4v) is 2.61. The zero-order valence-corrected chi connectivity index (χ0v) is 15.2. The highest BCUT2D eigenvalue weighted by molar-refractivity contribution is 5.79. The predicted molar refractivity (Wildman–Crippen MR) is 97.3 cm³/mol. The summed E-state index contributed by atoms with van der Waals surface area (Å²) in [7, 11) is 1.55. The maximum atomic E-state index is 13.1. The standard InChI is InChI=1S/C19H22F3N3O3/c1-28-10-14(23)15-7-6-13(9-24-15)11-2-4-12(5-3-11)17(26)16(8-20)25-19(27)18(21)22/h2-7,9,14,16-18,26H,8,10,23H2,1H3,(H,25,27)/t14?,16?,17-/m1/s1. The normalized spacial score (nSPS) is 14.5. The summed E-state index contributed by atoms with van der Waals surface area (Å²) in [5.41, 5.74) is 8.46. The molecule has 152 valence electrons. The summed E-state index contributed by atoms with van der Waals surface area (Å²) in [5.74, 6) is -1.63. The number of nitrogens with zero attached hydrogens (tertiary/aromatic N) is 1. The van der Waals surface area contributed by atoms with Gasteiger partial charge in [-0.25, -0.2) is 4.39 Å². The first-order chi connectivity index (χ1) is 13.4. The van der Waals surface area contributed by atoms with Crippen molar-refractivity contribution in [3.63, 3.8) is 0 Å². The van der Waals surface area contributed by atoms with Gasteiger partial charge in [0.15, 0.2) is 0 Å². The van der Waals surface area contributed by atoms with E-state index in [9.17, 15) is 23.1 Å². The Balaban J connectivity index is 2.10. The average molecular weight is 397 g/mol. The molecule has 3 atom stereocenters. The Morgan fingerprint density at radius 1 is 1.21 bits per heavy atom. The number of amides is 1. The number of hydrogen-bond donors (Lipinski definition) is 3.